The summed E-state index contributed by atoms with van der Waals surface area (Å²) in [5, 5.41) is 9.55. The van der Waals surface area contributed by atoms with Gasteiger partial charge in [0.05, 0.1) is 23.3 Å². The van der Waals surface area contributed by atoms with Crippen molar-refractivity contribution in [2.24, 2.45) is 10.1 Å². The summed E-state index contributed by atoms with van der Waals surface area (Å²) in [6, 6.07) is 17.7. The Labute approximate surface area is 201 Å². The van der Waals surface area contributed by atoms with Gasteiger partial charge in [-0.2, -0.15) is 5.10 Å². The van der Waals surface area contributed by atoms with Gasteiger partial charge in [-0.3, -0.25) is 4.79 Å². The molecule has 0 saturated carbocycles. The standard InChI is InChI=1S/C26H24N4O3S/c1-16(2)18-5-8-20(9-6-18)28-26-30(27-13-21-10-4-17(3)33-21)23(15-34-26)19-7-11-24-22(12-19)29-25(31)14-32-24/h4-13,15-16H,14H2,1-3H3,(H,29,31). The number of furan rings is 1. The Balaban J connectivity index is 1.59. The molecule has 2 aromatic heterocycles. The Bertz CT molecular complexity index is 1440. The molecule has 3 heterocycles. The average Bonchev–Trinajstić information content (AvgIpc) is 3.43. The van der Waals surface area contributed by atoms with Gasteiger partial charge in [-0.15, -0.1) is 11.3 Å². The molecule has 1 aliphatic heterocycles. The second-order valence-corrected chi connectivity index (χ2v) is 9.15. The number of hydrogen-bond acceptors (Lipinski definition) is 6. The number of aromatic nitrogens is 1. The van der Waals surface area contributed by atoms with Gasteiger partial charge in [0.2, 0.25) is 4.80 Å². The number of ether oxygens (including phenoxy) is 1. The number of benzene rings is 2. The summed E-state index contributed by atoms with van der Waals surface area (Å²) in [4.78, 5) is 17.3. The molecule has 1 N–H and O–H groups in total. The molecule has 0 unspecified atom stereocenters. The summed E-state index contributed by atoms with van der Waals surface area (Å²) in [5.74, 6) is 2.41. The first-order chi connectivity index (χ1) is 16.5. The number of carbonyl (C=O) groups is 1. The van der Waals surface area contributed by atoms with Crippen molar-refractivity contribution in [3.8, 4) is 17.0 Å². The number of rotatable bonds is 5. The van der Waals surface area contributed by atoms with Crippen LogP contribution in [0.1, 0.15) is 36.8 Å². The van der Waals surface area contributed by atoms with E-state index in [0.29, 0.717) is 27.9 Å². The molecular formula is C26H24N4O3S. The second-order valence-electron chi connectivity index (χ2n) is 8.31. The number of fused-ring (bicyclic) bond motifs is 1. The number of hydrogen-bond donors (Lipinski definition) is 1. The van der Waals surface area contributed by atoms with E-state index >= 15 is 0 Å². The Morgan fingerprint density at radius 3 is 2.68 bits per heavy atom. The number of anilines is 1. The van der Waals surface area contributed by atoms with Crippen LogP contribution in [0.2, 0.25) is 0 Å². The molecule has 8 heteroatoms. The highest BCUT2D eigenvalue weighted by atomic mass is 32.1. The molecule has 5 rings (SSSR count). The number of carbonyl (C=O) groups excluding carboxylic acids is 1. The van der Waals surface area contributed by atoms with Crippen LogP contribution in [-0.4, -0.2) is 23.4 Å². The summed E-state index contributed by atoms with van der Waals surface area (Å²) in [7, 11) is 0. The third kappa shape index (κ3) is 4.58. The van der Waals surface area contributed by atoms with Crippen molar-refractivity contribution in [3.63, 3.8) is 0 Å². The highest BCUT2D eigenvalue weighted by Crippen LogP contribution is 2.33. The van der Waals surface area contributed by atoms with E-state index in [1.165, 1.54) is 16.9 Å². The normalized spacial score (nSPS) is 13.9. The molecular weight excluding hydrogens is 448 g/mol. The number of nitrogens with zero attached hydrogens (tertiary/aromatic N) is 3. The molecule has 34 heavy (non-hydrogen) atoms. The number of amides is 1. The van der Waals surface area contributed by atoms with Gasteiger partial charge in [-0.05, 0) is 60.9 Å². The summed E-state index contributed by atoms with van der Waals surface area (Å²) in [5.41, 5.74) is 4.47. The van der Waals surface area contributed by atoms with E-state index in [1.54, 1.807) is 10.9 Å². The van der Waals surface area contributed by atoms with Crippen molar-refractivity contribution >= 4 is 34.8 Å². The SMILES string of the molecule is Cc1ccc(C=Nn2c(-c3ccc4c(c3)NC(=O)CO4)csc2=Nc2ccc(C(C)C)cc2)o1. The first kappa shape index (κ1) is 21.9. The Morgan fingerprint density at radius 2 is 1.94 bits per heavy atom. The summed E-state index contributed by atoms with van der Waals surface area (Å²) in [6.45, 7) is 6.26. The van der Waals surface area contributed by atoms with E-state index < -0.39 is 0 Å². The van der Waals surface area contributed by atoms with E-state index in [0.717, 1.165) is 22.7 Å². The third-order valence-corrected chi connectivity index (χ3v) is 6.26. The van der Waals surface area contributed by atoms with Crippen LogP contribution < -0.4 is 14.9 Å². The molecule has 172 valence electrons. The molecule has 0 radical (unpaired) electrons. The molecule has 7 nitrogen and oxygen atoms in total. The molecule has 0 spiro atoms. The van der Waals surface area contributed by atoms with Crippen molar-refractivity contribution in [2.75, 3.05) is 11.9 Å². The highest BCUT2D eigenvalue weighted by Gasteiger charge is 2.18. The van der Waals surface area contributed by atoms with Crippen LogP contribution in [0.25, 0.3) is 11.3 Å². The van der Waals surface area contributed by atoms with Crippen LogP contribution in [0.15, 0.2) is 74.5 Å². The Hall–Kier alpha value is -3.91. The Kier molecular flexibility index (Phi) is 5.90. The number of thiazole rings is 1. The fourth-order valence-electron chi connectivity index (χ4n) is 3.61. The summed E-state index contributed by atoms with van der Waals surface area (Å²) >= 11 is 1.49. The fourth-order valence-corrected chi connectivity index (χ4v) is 4.47. The van der Waals surface area contributed by atoms with Gasteiger partial charge < -0.3 is 14.5 Å². The number of aryl methyl sites for hydroxylation is 1. The summed E-state index contributed by atoms with van der Waals surface area (Å²) < 4.78 is 12.9. The second kappa shape index (κ2) is 9.15. The van der Waals surface area contributed by atoms with E-state index in [2.05, 4.69) is 31.3 Å². The van der Waals surface area contributed by atoms with Gasteiger partial charge in [-0.1, -0.05) is 26.0 Å². The summed E-state index contributed by atoms with van der Waals surface area (Å²) in [6.07, 6.45) is 1.67. The largest absolute Gasteiger partial charge is 0.482 e. The van der Waals surface area contributed by atoms with Gasteiger partial charge in [0.15, 0.2) is 6.61 Å². The van der Waals surface area contributed by atoms with Gasteiger partial charge in [-0.25, -0.2) is 9.67 Å². The molecule has 0 saturated heterocycles. The van der Waals surface area contributed by atoms with Crippen LogP contribution in [0.5, 0.6) is 5.75 Å². The monoisotopic (exact) mass is 472 g/mol. The van der Waals surface area contributed by atoms with Gasteiger partial charge in [0.1, 0.15) is 17.3 Å². The van der Waals surface area contributed by atoms with Crippen LogP contribution in [0, 0.1) is 6.92 Å². The van der Waals surface area contributed by atoms with Crippen LogP contribution >= 0.6 is 11.3 Å². The van der Waals surface area contributed by atoms with Crippen LogP contribution in [-0.2, 0) is 4.79 Å². The lowest BCUT2D eigenvalue weighted by molar-refractivity contribution is -0.118. The van der Waals surface area contributed by atoms with Crippen molar-refractivity contribution in [1.29, 1.82) is 0 Å². The first-order valence-corrected chi connectivity index (χ1v) is 11.9. The predicted molar refractivity (Wildman–Crippen MR) is 134 cm³/mol. The molecule has 1 amide bonds. The maximum absolute atomic E-state index is 11.8. The topological polar surface area (TPSA) is 81.1 Å². The lowest BCUT2D eigenvalue weighted by atomic mass is 10.0. The third-order valence-electron chi connectivity index (χ3n) is 5.44. The van der Waals surface area contributed by atoms with Crippen LogP contribution in [0.3, 0.4) is 0 Å². The first-order valence-electron chi connectivity index (χ1n) is 11.0. The van der Waals surface area contributed by atoms with Gasteiger partial charge in [0, 0.05) is 10.9 Å². The zero-order valence-electron chi connectivity index (χ0n) is 19.1. The smallest absolute Gasteiger partial charge is 0.262 e. The lowest BCUT2D eigenvalue weighted by Crippen LogP contribution is -2.25. The molecule has 1 aliphatic rings. The molecule has 0 aliphatic carbocycles. The molecule has 0 fully saturated rings. The average molecular weight is 473 g/mol. The van der Waals surface area contributed by atoms with Gasteiger partial charge in [0.25, 0.3) is 5.91 Å². The minimum Gasteiger partial charge on any atom is -0.482 e. The zero-order valence-corrected chi connectivity index (χ0v) is 19.9. The Morgan fingerprint density at radius 1 is 1.12 bits per heavy atom. The minimum atomic E-state index is -0.172. The minimum absolute atomic E-state index is 0.0241. The fraction of sp³-hybridized carbons (Fsp3) is 0.192. The van der Waals surface area contributed by atoms with Gasteiger partial charge >= 0.3 is 0 Å². The maximum atomic E-state index is 11.8. The lowest BCUT2D eigenvalue weighted by Gasteiger charge is -2.18. The van der Waals surface area contributed by atoms with Crippen molar-refractivity contribution in [2.45, 2.75) is 26.7 Å². The molecule has 0 bridgehead atoms. The van der Waals surface area contributed by atoms with E-state index in [1.807, 2.05) is 54.8 Å². The highest BCUT2D eigenvalue weighted by molar-refractivity contribution is 7.07. The van der Waals surface area contributed by atoms with E-state index in [-0.39, 0.29) is 12.5 Å². The number of nitrogens with one attached hydrogen (secondary N) is 1. The quantitative estimate of drug-likeness (QED) is 0.379. The van der Waals surface area contributed by atoms with Crippen molar-refractivity contribution in [3.05, 3.63) is 81.9 Å². The predicted octanol–water partition coefficient (Wildman–Crippen LogP) is 5.69. The maximum Gasteiger partial charge on any atom is 0.262 e. The molecule has 4 aromatic rings. The van der Waals surface area contributed by atoms with E-state index in [4.69, 9.17) is 19.2 Å². The van der Waals surface area contributed by atoms with Crippen molar-refractivity contribution < 1.29 is 13.9 Å². The van der Waals surface area contributed by atoms with Crippen molar-refractivity contribution in [1.82, 2.24) is 4.68 Å². The van der Waals surface area contributed by atoms with E-state index in [9.17, 15) is 4.79 Å². The molecule has 2 aromatic carbocycles. The molecule has 0 atom stereocenters. The zero-order chi connectivity index (χ0) is 23.7. The van der Waals surface area contributed by atoms with Crippen LogP contribution in [0.4, 0.5) is 11.4 Å².